The molecule has 94 valence electrons. The van der Waals surface area contributed by atoms with Crippen LogP contribution in [0, 0.1) is 13.8 Å². The Balaban J connectivity index is 2.09. The summed E-state index contributed by atoms with van der Waals surface area (Å²) in [5, 5.41) is 4.20. The third kappa shape index (κ3) is 3.27. The van der Waals surface area contributed by atoms with Crippen molar-refractivity contribution in [1.82, 2.24) is 0 Å². The van der Waals surface area contributed by atoms with Crippen LogP contribution in [0.2, 0.25) is 5.02 Å². The van der Waals surface area contributed by atoms with E-state index >= 15 is 0 Å². The van der Waals surface area contributed by atoms with Crippen LogP contribution in [0.1, 0.15) is 16.7 Å². The molecule has 0 radical (unpaired) electrons. The van der Waals surface area contributed by atoms with E-state index in [2.05, 4.69) is 58.5 Å². The summed E-state index contributed by atoms with van der Waals surface area (Å²) in [5.41, 5.74) is 4.62. The molecule has 2 aromatic carbocycles. The van der Waals surface area contributed by atoms with Gasteiger partial charge in [0.2, 0.25) is 0 Å². The Bertz CT molecular complexity index is 566. The largest absolute Gasteiger partial charge is 0.381 e. The number of halogens is 2. The van der Waals surface area contributed by atoms with E-state index < -0.39 is 0 Å². The Morgan fingerprint density at radius 1 is 1.11 bits per heavy atom. The van der Waals surface area contributed by atoms with Crippen LogP contribution in [0.4, 0.5) is 5.69 Å². The number of aryl methyl sites for hydroxylation is 2. The molecular formula is C15H15BrClN. The number of benzene rings is 2. The summed E-state index contributed by atoms with van der Waals surface area (Å²) in [4.78, 5) is 0. The van der Waals surface area contributed by atoms with Gasteiger partial charge < -0.3 is 5.32 Å². The molecule has 0 saturated carbocycles. The SMILES string of the molecule is Cc1ccc(CNc2ccc(Br)c(C)c2)c(Cl)c1. The van der Waals surface area contributed by atoms with Gasteiger partial charge in [0.15, 0.2) is 0 Å². The van der Waals surface area contributed by atoms with Gasteiger partial charge in [0, 0.05) is 21.7 Å². The summed E-state index contributed by atoms with van der Waals surface area (Å²) in [5.74, 6) is 0. The Morgan fingerprint density at radius 2 is 1.89 bits per heavy atom. The van der Waals surface area contributed by atoms with Crippen molar-refractivity contribution < 1.29 is 0 Å². The third-order valence-electron chi connectivity index (χ3n) is 2.85. The summed E-state index contributed by atoms with van der Waals surface area (Å²) < 4.78 is 1.13. The molecule has 0 aliphatic heterocycles. The van der Waals surface area contributed by atoms with E-state index in [1.807, 2.05) is 13.0 Å². The van der Waals surface area contributed by atoms with Crippen LogP contribution in [-0.2, 0) is 6.54 Å². The van der Waals surface area contributed by atoms with Crippen molar-refractivity contribution in [3.05, 3.63) is 62.6 Å². The average Bonchev–Trinajstić information content (AvgIpc) is 2.32. The highest BCUT2D eigenvalue weighted by Gasteiger charge is 2.01. The van der Waals surface area contributed by atoms with Crippen LogP contribution in [-0.4, -0.2) is 0 Å². The summed E-state index contributed by atoms with van der Waals surface area (Å²) in [6.07, 6.45) is 0. The number of rotatable bonds is 3. The van der Waals surface area contributed by atoms with Gasteiger partial charge in [0.1, 0.15) is 0 Å². The monoisotopic (exact) mass is 323 g/mol. The molecule has 1 N–H and O–H groups in total. The zero-order chi connectivity index (χ0) is 13.1. The fourth-order valence-corrected chi connectivity index (χ4v) is 2.30. The van der Waals surface area contributed by atoms with Gasteiger partial charge in [-0.05, 0) is 54.8 Å². The number of anilines is 1. The van der Waals surface area contributed by atoms with Gasteiger partial charge in [-0.15, -0.1) is 0 Å². The predicted octanol–water partition coefficient (Wildman–Crippen LogP) is 5.33. The second-order valence-electron chi connectivity index (χ2n) is 4.41. The van der Waals surface area contributed by atoms with Crippen LogP contribution >= 0.6 is 27.5 Å². The van der Waals surface area contributed by atoms with Crippen molar-refractivity contribution in [2.75, 3.05) is 5.32 Å². The molecule has 3 heteroatoms. The van der Waals surface area contributed by atoms with Crippen molar-refractivity contribution in [3.8, 4) is 0 Å². The van der Waals surface area contributed by atoms with E-state index in [1.54, 1.807) is 0 Å². The van der Waals surface area contributed by atoms with E-state index in [0.717, 1.165) is 27.3 Å². The molecule has 0 aliphatic rings. The molecule has 0 spiro atoms. The van der Waals surface area contributed by atoms with Crippen LogP contribution in [0.15, 0.2) is 40.9 Å². The maximum Gasteiger partial charge on any atom is 0.0458 e. The van der Waals surface area contributed by atoms with E-state index in [4.69, 9.17) is 11.6 Å². The first-order valence-corrected chi connectivity index (χ1v) is 6.98. The smallest absolute Gasteiger partial charge is 0.0458 e. The molecule has 0 aromatic heterocycles. The Morgan fingerprint density at radius 3 is 2.56 bits per heavy atom. The molecule has 18 heavy (non-hydrogen) atoms. The maximum absolute atomic E-state index is 6.20. The van der Waals surface area contributed by atoms with Crippen LogP contribution in [0.3, 0.4) is 0 Å². The molecule has 0 aliphatic carbocycles. The molecule has 1 nitrogen and oxygen atoms in total. The molecule has 0 amide bonds. The maximum atomic E-state index is 6.20. The van der Waals surface area contributed by atoms with Gasteiger partial charge in [-0.25, -0.2) is 0 Å². The summed E-state index contributed by atoms with van der Waals surface area (Å²) in [6, 6.07) is 12.4. The van der Waals surface area contributed by atoms with E-state index in [0.29, 0.717) is 0 Å². The molecule has 0 saturated heterocycles. The van der Waals surface area contributed by atoms with Crippen molar-refractivity contribution in [2.24, 2.45) is 0 Å². The minimum Gasteiger partial charge on any atom is -0.381 e. The van der Waals surface area contributed by atoms with E-state index in [-0.39, 0.29) is 0 Å². The average molecular weight is 325 g/mol. The highest BCUT2D eigenvalue weighted by Crippen LogP contribution is 2.22. The zero-order valence-corrected chi connectivity index (χ0v) is 12.8. The third-order valence-corrected chi connectivity index (χ3v) is 4.09. The lowest BCUT2D eigenvalue weighted by Crippen LogP contribution is -2.00. The molecular weight excluding hydrogens is 310 g/mol. The standard InChI is InChI=1S/C15H15BrClN/c1-10-3-4-12(15(17)7-10)9-18-13-5-6-14(16)11(2)8-13/h3-8,18H,9H2,1-2H3. The predicted molar refractivity (Wildman–Crippen MR) is 82.4 cm³/mol. The Kier molecular flexibility index (Phi) is 4.31. The van der Waals surface area contributed by atoms with Crippen molar-refractivity contribution >= 4 is 33.2 Å². The molecule has 0 atom stereocenters. The topological polar surface area (TPSA) is 12.0 Å². The zero-order valence-electron chi connectivity index (χ0n) is 10.4. The van der Waals surface area contributed by atoms with Crippen LogP contribution < -0.4 is 5.32 Å². The lowest BCUT2D eigenvalue weighted by atomic mass is 10.1. The molecule has 0 fully saturated rings. The second kappa shape index (κ2) is 5.77. The lowest BCUT2D eigenvalue weighted by molar-refractivity contribution is 1.14. The fourth-order valence-electron chi connectivity index (χ4n) is 1.75. The van der Waals surface area contributed by atoms with E-state index in [9.17, 15) is 0 Å². The normalized spacial score (nSPS) is 10.4. The summed E-state index contributed by atoms with van der Waals surface area (Å²) in [6.45, 7) is 4.86. The molecule has 0 heterocycles. The Hall–Kier alpha value is -0.990. The second-order valence-corrected chi connectivity index (χ2v) is 5.67. The first kappa shape index (κ1) is 13.4. The minimum atomic E-state index is 0.736. The van der Waals surface area contributed by atoms with Crippen molar-refractivity contribution in [1.29, 1.82) is 0 Å². The number of hydrogen-bond acceptors (Lipinski definition) is 1. The Labute approximate surface area is 121 Å². The fraction of sp³-hybridized carbons (Fsp3) is 0.200. The highest BCUT2D eigenvalue weighted by atomic mass is 79.9. The number of nitrogens with one attached hydrogen (secondary N) is 1. The van der Waals surface area contributed by atoms with Crippen molar-refractivity contribution in [2.45, 2.75) is 20.4 Å². The van der Waals surface area contributed by atoms with Gasteiger partial charge >= 0.3 is 0 Å². The first-order chi connectivity index (χ1) is 8.56. The number of hydrogen-bond donors (Lipinski definition) is 1. The van der Waals surface area contributed by atoms with Gasteiger partial charge in [0.05, 0.1) is 0 Å². The van der Waals surface area contributed by atoms with Gasteiger partial charge in [-0.2, -0.15) is 0 Å². The molecule has 2 rings (SSSR count). The van der Waals surface area contributed by atoms with Gasteiger partial charge in [-0.3, -0.25) is 0 Å². The van der Waals surface area contributed by atoms with Crippen molar-refractivity contribution in [3.63, 3.8) is 0 Å². The van der Waals surface area contributed by atoms with Gasteiger partial charge in [-0.1, -0.05) is 39.7 Å². The molecule has 0 bridgehead atoms. The summed E-state index contributed by atoms with van der Waals surface area (Å²) in [7, 11) is 0. The first-order valence-electron chi connectivity index (χ1n) is 5.81. The minimum absolute atomic E-state index is 0.736. The molecule has 2 aromatic rings. The van der Waals surface area contributed by atoms with Crippen LogP contribution in [0.5, 0.6) is 0 Å². The molecule has 0 unspecified atom stereocenters. The lowest BCUT2D eigenvalue weighted by Gasteiger charge is -2.10. The summed E-state index contributed by atoms with van der Waals surface area (Å²) >= 11 is 9.70. The van der Waals surface area contributed by atoms with Gasteiger partial charge in [0.25, 0.3) is 0 Å². The highest BCUT2D eigenvalue weighted by molar-refractivity contribution is 9.10. The van der Waals surface area contributed by atoms with Crippen LogP contribution in [0.25, 0.3) is 0 Å². The van der Waals surface area contributed by atoms with E-state index in [1.165, 1.54) is 11.1 Å². The quantitative estimate of drug-likeness (QED) is 0.804.